The van der Waals surface area contributed by atoms with Gasteiger partial charge in [-0.05, 0) is 30.3 Å². The number of nitrogens with one attached hydrogen (secondary N) is 1. The van der Waals surface area contributed by atoms with E-state index in [1.165, 1.54) is 24.4 Å². The largest absolute Gasteiger partial charge is 0.347 e. The van der Waals surface area contributed by atoms with Crippen LogP contribution in [0, 0.1) is 21.7 Å². The number of hydrogen-bond acceptors (Lipinski definition) is 4. The second-order valence-corrected chi connectivity index (χ2v) is 6.51. The summed E-state index contributed by atoms with van der Waals surface area (Å²) in [6, 6.07) is 7.00. The normalized spacial score (nSPS) is 10.7. The van der Waals surface area contributed by atoms with Crippen molar-refractivity contribution in [1.82, 2.24) is 4.98 Å². The van der Waals surface area contributed by atoms with Crippen LogP contribution in [0.5, 0.6) is 0 Å². The molecule has 3 aromatic rings. The number of nitro benzene ring substituents is 1. The van der Waals surface area contributed by atoms with Crippen molar-refractivity contribution in [2.75, 3.05) is 5.32 Å². The number of halogens is 5. The summed E-state index contributed by atoms with van der Waals surface area (Å²) in [6.45, 7) is 0. The van der Waals surface area contributed by atoms with Crippen LogP contribution >= 0.6 is 34.8 Å². The van der Waals surface area contributed by atoms with Gasteiger partial charge in [-0.25, -0.2) is 13.8 Å². The van der Waals surface area contributed by atoms with Gasteiger partial charge >= 0.3 is 0 Å². The highest BCUT2D eigenvalue weighted by Gasteiger charge is 2.22. The predicted molar refractivity (Wildman–Crippen MR) is 101 cm³/mol. The molecule has 0 unspecified atom stereocenters. The number of hydrogen-bond donors (Lipinski definition) is 1. The van der Waals surface area contributed by atoms with Crippen molar-refractivity contribution in [3.05, 3.63) is 79.5 Å². The van der Waals surface area contributed by atoms with Crippen LogP contribution in [0.25, 0.3) is 11.1 Å². The molecule has 0 aliphatic carbocycles. The van der Waals surface area contributed by atoms with Crippen molar-refractivity contribution in [1.29, 1.82) is 0 Å². The Morgan fingerprint density at radius 2 is 1.81 bits per heavy atom. The molecule has 27 heavy (non-hydrogen) atoms. The van der Waals surface area contributed by atoms with Gasteiger partial charge in [-0.15, -0.1) is 0 Å². The fourth-order valence-corrected chi connectivity index (χ4v) is 3.17. The first-order chi connectivity index (χ1) is 12.8. The monoisotopic (exact) mass is 429 g/mol. The maximum Gasteiger partial charge on any atom is 0.297 e. The Balaban J connectivity index is 2.18. The van der Waals surface area contributed by atoms with Gasteiger partial charge in [0.15, 0.2) is 11.5 Å². The van der Waals surface area contributed by atoms with Gasteiger partial charge in [0.2, 0.25) is 0 Å². The van der Waals surface area contributed by atoms with Gasteiger partial charge in [0, 0.05) is 23.4 Å². The van der Waals surface area contributed by atoms with Crippen LogP contribution in [0.4, 0.5) is 25.8 Å². The van der Waals surface area contributed by atoms with Gasteiger partial charge in [0.1, 0.15) is 11.0 Å². The van der Waals surface area contributed by atoms with Gasteiger partial charge in [-0.1, -0.05) is 34.8 Å². The predicted octanol–water partition coefficient (Wildman–Crippen LogP) is 6.64. The molecule has 0 fully saturated rings. The van der Waals surface area contributed by atoms with E-state index in [-0.39, 0.29) is 26.4 Å². The van der Waals surface area contributed by atoms with E-state index < -0.39 is 27.9 Å². The molecule has 0 spiro atoms. The molecule has 138 valence electrons. The van der Waals surface area contributed by atoms with E-state index in [1.54, 1.807) is 0 Å². The van der Waals surface area contributed by atoms with E-state index in [1.807, 2.05) is 0 Å². The van der Waals surface area contributed by atoms with Crippen LogP contribution < -0.4 is 5.32 Å². The first kappa shape index (κ1) is 19.3. The molecule has 0 saturated heterocycles. The van der Waals surface area contributed by atoms with Crippen LogP contribution in [0.1, 0.15) is 0 Å². The molecule has 3 rings (SSSR count). The molecular formula is C17H8Cl3F2N3O2. The minimum atomic E-state index is -0.932. The van der Waals surface area contributed by atoms with Gasteiger partial charge < -0.3 is 5.32 Å². The van der Waals surface area contributed by atoms with Crippen LogP contribution in [0.15, 0.2) is 42.6 Å². The zero-order valence-corrected chi connectivity index (χ0v) is 15.4. The smallest absolute Gasteiger partial charge is 0.297 e. The Bertz CT molecular complexity index is 1060. The van der Waals surface area contributed by atoms with E-state index in [4.69, 9.17) is 34.8 Å². The third kappa shape index (κ3) is 3.95. The number of benzene rings is 2. The summed E-state index contributed by atoms with van der Waals surface area (Å²) < 4.78 is 27.7. The summed E-state index contributed by atoms with van der Waals surface area (Å²) >= 11 is 17.9. The zero-order valence-electron chi connectivity index (χ0n) is 13.1. The highest BCUT2D eigenvalue weighted by atomic mass is 35.5. The number of rotatable bonds is 4. The highest BCUT2D eigenvalue weighted by Crippen LogP contribution is 2.41. The van der Waals surface area contributed by atoms with Crippen molar-refractivity contribution < 1.29 is 13.7 Å². The molecule has 0 atom stereocenters. The Kier molecular flexibility index (Phi) is 5.46. The molecule has 1 N–H and O–H groups in total. The molecule has 0 aliphatic rings. The Hall–Kier alpha value is -2.48. The first-order valence-electron chi connectivity index (χ1n) is 7.28. The fourth-order valence-electron chi connectivity index (χ4n) is 2.45. The Morgan fingerprint density at radius 3 is 2.48 bits per heavy atom. The third-order valence-corrected chi connectivity index (χ3v) is 4.41. The topological polar surface area (TPSA) is 68.1 Å². The van der Waals surface area contributed by atoms with Crippen molar-refractivity contribution >= 4 is 51.9 Å². The molecule has 1 heterocycles. The van der Waals surface area contributed by atoms with Gasteiger partial charge in [0.05, 0.1) is 20.7 Å². The second-order valence-electron chi connectivity index (χ2n) is 5.31. The number of pyridine rings is 1. The van der Waals surface area contributed by atoms with E-state index in [0.29, 0.717) is 5.56 Å². The summed E-state index contributed by atoms with van der Waals surface area (Å²) in [5.41, 5.74) is -0.244. The molecule has 0 aliphatic heterocycles. The minimum absolute atomic E-state index is 0.00877. The second kappa shape index (κ2) is 7.64. The van der Waals surface area contributed by atoms with Crippen molar-refractivity contribution in [2.24, 2.45) is 0 Å². The van der Waals surface area contributed by atoms with Gasteiger partial charge in [0.25, 0.3) is 5.69 Å². The molecule has 1 aromatic heterocycles. The number of aromatic nitrogens is 1. The molecule has 10 heteroatoms. The van der Waals surface area contributed by atoms with Crippen LogP contribution in [-0.2, 0) is 0 Å². The van der Waals surface area contributed by atoms with E-state index >= 15 is 0 Å². The van der Waals surface area contributed by atoms with Crippen molar-refractivity contribution in [3.63, 3.8) is 0 Å². The van der Waals surface area contributed by atoms with Crippen LogP contribution in [0.3, 0.4) is 0 Å². The molecule has 0 bridgehead atoms. The Morgan fingerprint density at radius 1 is 1.07 bits per heavy atom. The fraction of sp³-hybridized carbons (Fsp3) is 0. The lowest BCUT2D eigenvalue weighted by molar-refractivity contribution is -0.384. The average molecular weight is 431 g/mol. The summed E-state index contributed by atoms with van der Waals surface area (Å²) in [7, 11) is 0. The lowest BCUT2D eigenvalue weighted by Gasteiger charge is -2.15. The summed E-state index contributed by atoms with van der Waals surface area (Å²) in [6.07, 6.45) is 1.32. The van der Waals surface area contributed by atoms with Crippen LogP contribution in [0.2, 0.25) is 15.2 Å². The van der Waals surface area contributed by atoms with Crippen molar-refractivity contribution in [2.45, 2.75) is 0 Å². The summed E-state index contributed by atoms with van der Waals surface area (Å²) in [5.74, 6) is -1.49. The standard InChI is InChI=1S/C17H8Cl3F2N3O2/c18-8-5-12(22)16(14(6-8)25(26)27)24-13-3-4-23-17(20)15(13)10-2-1-9(21)7-11(10)19/h1-7H,(H,23,24). The number of anilines is 2. The highest BCUT2D eigenvalue weighted by molar-refractivity contribution is 6.36. The first-order valence-corrected chi connectivity index (χ1v) is 8.41. The van der Waals surface area contributed by atoms with E-state index in [9.17, 15) is 18.9 Å². The quantitative estimate of drug-likeness (QED) is 0.286. The summed E-state index contributed by atoms with van der Waals surface area (Å²) in [4.78, 5) is 14.4. The third-order valence-electron chi connectivity index (χ3n) is 3.60. The summed E-state index contributed by atoms with van der Waals surface area (Å²) in [5, 5.41) is 13.8. The van der Waals surface area contributed by atoms with Gasteiger partial charge in [-0.3, -0.25) is 10.1 Å². The Labute approximate surface area is 166 Å². The lowest BCUT2D eigenvalue weighted by Crippen LogP contribution is -2.02. The zero-order chi connectivity index (χ0) is 19.7. The van der Waals surface area contributed by atoms with E-state index in [2.05, 4.69) is 10.3 Å². The number of nitrogens with zero attached hydrogens (tertiary/aromatic N) is 2. The maximum atomic E-state index is 14.3. The molecule has 0 radical (unpaired) electrons. The van der Waals surface area contributed by atoms with E-state index in [0.717, 1.165) is 18.2 Å². The lowest BCUT2D eigenvalue weighted by atomic mass is 10.1. The molecule has 2 aromatic carbocycles. The molecule has 0 amide bonds. The van der Waals surface area contributed by atoms with Crippen LogP contribution in [-0.4, -0.2) is 9.91 Å². The molecular weight excluding hydrogens is 423 g/mol. The minimum Gasteiger partial charge on any atom is -0.347 e. The number of nitro groups is 1. The SMILES string of the molecule is O=[N+]([O-])c1cc(Cl)cc(F)c1Nc1ccnc(Cl)c1-c1ccc(F)cc1Cl. The van der Waals surface area contributed by atoms with Gasteiger partial charge in [-0.2, -0.15) is 0 Å². The molecule has 0 saturated carbocycles. The molecule has 5 nitrogen and oxygen atoms in total. The average Bonchev–Trinajstić information content (AvgIpc) is 2.58. The maximum absolute atomic E-state index is 14.3. The van der Waals surface area contributed by atoms with Crippen molar-refractivity contribution in [3.8, 4) is 11.1 Å².